The Labute approximate surface area is 111 Å². The molecule has 2 aromatic rings. The van der Waals surface area contributed by atoms with Crippen LogP contribution in [0, 0.1) is 0 Å². The number of aliphatic hydroxyl groups excluding tert-OH is 1. The summed E-state index contributed by atoms with van der Waals surface area (Å²) in [5, 5.41) is 10.1. The number of hydrogen-bond donors (Lipinski definition) is 2. The summed E-state index contributed by atoms with van der Waals surface area (Å²) in [6.07, 6.45) is 0. The van der Waals surface area contributed by atoms with E-state index >= 15 is 0 Å². The first-order chi connectivity index (χ1) is 8.77. The van der Waals surface area contributed by atoms with Crippen molar-refractivity contribution >= 4 is 22.4 Å². The molecule has 3 N–H and O–H groups in total. The first-order valence-corrected chi connectivity index (χ1v) is 6.71. The lowest BCUT2D eigenvalue weighted by Gasteiger charge is -2.21. The zero-order valence-corrected chi connectivity index (χ0v) is 11.2. The molecule has 0 fully saturated rings. The van der Waals surface area contributed by atoms with E-state index in [0.29, 0.717) is 12.4 Å². The van der Waals surface area contributed by atoms with Crippen LogP contribution in [0.3, 0.4) is 0 Å². The summed E-state index contributed by atoms with van der Waals surface area (Å²) in [5.41, 5.74) is 8.01. The molecule has 0 unspecified atom stereocenters. The fourth-order valence-electron chi connectivity index (χ4n) is 1.91. The summed E-state index contributed by atoms with van der Waals surface area (Å²) in [5.74, 6) is 0.553. The highest BCUT2D eigenvalue weighted by atomic mass is 32.1. The number of nitrogens with zero attached hydrogens (tertiary/aromatic N) is 2. The Morgan fingerprint density at radius 3 is 2.67 bits per heavy atom. The van der Waals surface area contributed by atoms with Crippen molar-refractivity contribution in [1.29, 1.82) is 0 Å². The molecule has 0 aliphatic carbocycles. The quantitative estimate of drug-likeness (QED) is 0.868. The molecule has 0 atom stereocenters. The first kappa shape index (κ1) is 12.9. The van der Waals surface area contributed by atoms with Gasteiger partial charge in [-0.2, -0.15) is 4.37 Å². The van der Waals surface area contributed by atoms with Gasteiger partial charge in [-0.15, -0.1) is 0 Å². The van der Waals surface area contributed by atoms with Crippen molar-refractivity contribution in [2.75, 3.05) is 30.3 Å². The first-order valence-electron chi connectivity index (χ1n) is 5.94. The smallest absolute Gasteiger partial charge is 0.147 e. The minimum Gasteiger partial charge on any atom is -0.395 e. The molecular weight excluding hydrogens is 246 g/mol. The molecule has 1 heterocycles. The van der Waals surface area contributed by atoms with Crippen molar-refractivity contribution in [1.82, 2.24) is 4.37 Å². The van der Waals surface area contributed by atoms with Crippen LogP contribution in [0.2, 0.25) is 0 Å². The van der Waals surface area contributed by atoms with Crippen LogP contribution in [0.4, 0.5) is 10.8 Å². The van der Waals surface area contributed by atoms with E-state index in [2.05, 4.69) is 16.2 Å². The van der Waals surface area contributed by atoms with Gasteiger partial charge in [0.25, 0.3) is 0 Å². The summed E-state index contributed by atoms with van der Waals surface area (Å²) < 4.78 is 4.24. The highest BCUT2D eigenvalue weighted by molar-refractivity contribution is 7.11. The van der Waals surface area contributed by atoms with Crippen molar-refractivity contribution in [2.24, 2.45) is 0 Å². The number of benzene rings is 1. The normalized spacial score (nSPS) is 10.6. The topological polar surface area (TPSA) is 62.4 Å². The van der Waals surface area contributed by atoms with Crippen molar-refractivity contribution in [3.8, 4) is 11.1 Å². The zero-order valence-electron chi connectivity index (χ0n) is 10.3. The van der Waals surface area contributed by atoms with E-state index in [9.17, 15) is 0 Å². The molecule has 0 bridgehead atoms. The fourth-order valence-corrected chi connectivity index (χ4v) is 2.83. The standard InChI is InChI=1S/C13H17N3OS/c1-2-16(8-9-17)13-11(12(14)15-18-13)10-6-4-3-5-7-10/h3-7,17H,2,8-9H2,1H3,(H2,14,15). The minimum atomic E-state index is 0.125. The maximum atomic E-state index is 9.11. The van der Waals surface area contributed by atoms with E-state index in [1.807, 2.05) is 30.3 Å². The Kier molecular flexibility index (Phi) is 4.17. The molecule has 0 aliphatic heterocycles. The molecular formula is C13H17N3OS. The third-order valence-electron chi connectivity index (χ3n) is 2.80. The van der Waals surface area contributed by atoms with Crippen molar-refractivity contribution in [3.63, 3.8) is 0 Å². The molecule has 96 valence electrons. The van der Waals surface area contributed by atoms with E-state index in [4.69, 9.17) is 10.8 Å². The van der Waals surface area contributed by atoms with Gasteiger partial charge in [0.05, 0.1) is 12.2 Å². The molecule has 0 spiro atoms. The monoisotopic (exact) mass is 263 g/mol. The average Bonchev–Trinajstić information content (AvgIpc) is 2.79. The van der Waals surface area contributed by atoms with Gasteiger partial charge in [-0.1, -0.05) is 30.3 Å². The molecule has 1 aromatic heterocycles. The molecule has 1 aromatic carbocycles. The Bertz CT molecular complexity index is 498. The minimum absolute atomic E-state index is 0.125. The average molecular weight is 263 g/mol. The molecule has 0 aliphatic rings. The van der Waals surface area contributed by atoms with Gasteiger partial charge >= 0.3 is 0 Å². The van der Waals surface area contributed by atoms with Gasteiger partial charge in [0.2, 0.25) is 0 Å². The SMILES string of the molecule is CCN(CCO)c1snc(N)c1-c1ccccc1. The Balaban J connectivity index is 2.44. The van der Waals surface area contributed by atoms with E-state index in [-0.39, 0.29) is 6.61 Å². The highest BCUT2D eigenvalue weighted by Gasteiger charge is 2.17. The fraction of sp³-hybridized carbons (Fsp3) is 0.308. The van der Waals surface area contributed by atoms with Crippen molar-refractivity contribution in [3.05, 3.63) is 30.3 Å². The summed E-state index contributed by atoms with van der Waals surface area (Å²) in [4.78, 5) is 2.09. The Morgan fingerprint density at radius 2 is 2.06 bits per heavy atom. The molecule has 0 radical (unpaired) electrons. The molecule has 0 saturated heterocycles. The molecule has 0 saturated carbocycles. The third kappa shape index (κ3) is 2.47. The van der Waals surface area contributed by atoms with E-state index in [1.54, 1.807) is 0 Å². The van der Waals surface area contributed by atoms with Gasteiger partial charge in [0.1, 0.15) is 10.8 Å². The number of likely N-dealkylation sites (N-methyl/N-ethyl adjacent to an activating group) is 1. The molecule has 4 nitrogen and oxygen atoms in total. The lowest BCUT2D eigenvalue weighted by atomic mass is 10.1. The number of nitrogen functional groups attached to an aromatic ring is 1. The maximum Gasteiger partial charge on any atom is 0.147 e. The van der Waals surface area contributed by atoms with E-state index in [1.165, 1.54) is 11.5 Å². The summed E-state index contributed by atoms with van der Waals surface area (Å²) in [7, 11) is 0. The van der Waals surface area contributed by atoms with Gasteiger partial charge in [-0.05, 0) is 24.0 Å². The Hall–Kier alpha value is -1.59. The second-order valence-corrected chi connectivity index (χ2v) is 4.67. The largest absolute Gasteiger partial charge is 0.395 e. The second kappa shape index (κ2) is 5.84. The molecule has 0 amide bonds. The third-order valence-corrected chi connectivity index (χ3v) is 3.73. The van der Waals surface area contributed by atoms with Gasteiger partial charge in [0.15, 0.2) is 0 Å². The van der Waals surface area contributed by atoms with Crippen molar-refractivity contribution in [2.45, 2.75) is 6.92 Å². The highest BCUT2D eigenvalue weighted by Crippen LogP contribution is 2.38. The lowest BCUT2D eigenvalue weighted by Crippen LogP contribution is -2.25. The van der Waals surface area contributed by atoms with Gasteiger partial charge in [-0.3, -0.25) is 0 Å². The number of aliphatic hydroxyl groups is 1. The van der Waals surface area contributed by atoms with Gasteiger partial charge in [-0.25, -0.2) is 0 Å². The van der Waals surface area contributed by atoms with Gasteiger partial charge in [0, 0.05) is 13.1 Å². The van der Waals surface area contributed by atoms with Crippen LogP contribution in [0.1, 0.15) is 6.92 Å². The molecule has 2 rings (SSSR count). The lowest BCUT2D eigenvalue weighted by molar-refractivity contribution is 0.302. The second-order valence-electron chi connectivity index (χ2n) is 3.92. The molecule has 5 heteroatoms. The number of hydrogen-bond acceptors (Lipinski definition) is 5. The predicted molar refractivity (Wildman–Crippen MR) is 76.9 cm³/mol. The van der Waals surface area contributed by atoms with Crippen molar-refractivity contribution < 1.29 is 5.11 Å². The Morgan fingerprint density at radius 1 is 1.33 bits per heavy atom. The van der Waals surface area contributed by atoms with E-state index in [0.717, 1.165) is 22.7 Å². The van der Waals surface area contributed by atoms with Crippen LogP contribution in [-0.4, -0.2) is 29.2 Å². The van der Waals surface area contributed by atoms with Crippen LogP contribution in [0.15, 0.2) is 30.3 Å². The summed E-state index contributed by atoms with van der Waals surface area (Å²) in [6, 6.07) is 9.99. The van der Waals surface area contributed by atoms with Crippen LogP contribution < -0.4 is 10.6 Å². The predicted octanol–water partition coefficient (Wildman–Crippen LogP) is 2.21. The summed E-state index contributed by atoms with van der Waals surface area (Å²) in [6.45, 7) is 3.60. The zero-order chi connectivity index (χ0) is 13.0. The molecule has 18 heavy (non-hydrogen) atoms. The number of aromatic nitrogens is 1. The van der Waals surface area contributed by atoms with Crippen LogP contribution in [0.25, 0.3) is 11.1 Å². The van der Waals surface area contributed by atoms with Gasteiger partial charge < -0.3 is 15.7 Å². The summed E-state index contributed by atoms with van der Waals surface area (Å²) >= 11 is 1.38. The van der Waals surface area contributed by atoms with Crippen LogP contribution >= 0.6 is 11.5 Å². The number of rotatable bonds is 5. The van der Waals surface area contributed by atoms with Crippen LogP contribution in [-0.2, 0) is 0 Å². The number of nitrogens with two attached hydrogens (primary N) is 1. The van der Waals surface area contributed by atoms with Crippen LogP contribution in [0.5, 0.6) is 0 Å². The maximum absolute atomic E-state index is 9.11. The number of anilines is 2. The van der Waals surface area contributed by atoms with E-state index < -0.39 is 0 Å².